The fourth-order valence-electron chi connectivity index (χ4n) is 2.84. The van der Waals surface area contributed by atoms with Crippen LogP contribution in [0.1, 0.15) is 16.7 Å². The number of hydrogen-bond acceptors (Lipinski definition) is 3. The van der Waals surface area contributed by atoms with Gasteiger partial charge in [-0.3, -0.25) is 4.79 Å². The van der Waals surface area contributed by atoms with E-state index in [1.807, 2.05) is 30.3 Å². The van der Waals surface area contributed by atoms with Gasteiger partial charge in [-0.25, -0.2) is 8.78 Å². The van der Waals surface area contributed by atoms with Gasteiger partial charge in [-0.15, -0.1) is 11.8 Å². The molecule has 1 unspecified atom stereocenters. The molecule has 1 amide bonds. The minimum absolute atomic E-state index is 0.102. The number of halogens is 2. The molecule has 2 aromatic carbocycles. The van der Waals surface area contributed by atoms with E-state index in [2.05, 4.69) is 0 Å². The topological polar surface area (TPSA) is 33.5 Å². The number of nitrogens with zero attached hydrogens (tertiary/aromatic N) is 1. The lowest BCUT2D eigenvalue weighted by atomic mass is 10.1. The number of furan rings is 1. The highest BCUT2D eigenvalue weighted by atomic mass is 32.2. The summed E-state index contributed by atoms with van der Waals surface area (Å²) < 4.78 is 33.7. The van der Waals surface area contributed by atoms with Crippen LogP contribution in [0.5, 0.6) is 0 Å². The zero-order valence-electron chi connectivity index (χ0n) is 12.5. The maximum atomic E-state index is 13.9. The van der Waals surface area contributed by atoms with Gasteiger partial charge >= 0.3 is 0 Å². The molecule has 2 heterocycles. The molecular weight excluding hydrogens is 332 g/mol. The maximum Gasteiger partial charge on any atom is 0.234 e. The van der Waals surface area contributed by atoms with E-state index < -0.39 is 11.6 Å². The molecule has 0 N–H and O–H groups in total. The summed E-state index contributed by atoms with van der Waals surface area (Å²) in [4.78, 5) is 13.7. The quantitative estimate of drug-likeness (QED) is 0.701. The molecule has 1 aliphatic rings. The standard InChI is InChI=1S/C18H13F2NO2S/c19-13-5-3-6-14(20)12(13)9-21-17(22)10-24-18(21)16-8-11-4-1-2-7-15(11)23-16/h1-8,18H,9-10H2. The highest BCUT2D eigenvalue weighted by Gasteiger charge is 2.36. The number of hydrogen-bond donors (Lipinski definition) is 0. The van der Waals surface area contributed by atoms with Crippen LogP contribution in [0.15, 0.2) is 52.9 Å². The van der Waals surface area contributed by atoms with Crippen LogP contribution < -0.4 is 0 Å². The van der Waals surface area contributed by atoms with E-state index in [0.717, 1.165) is 11.0 Å². The number of rotatable bonds is 3. The second kappa shape index (κ2) is 5.94. The average Bonchev–Trinajstić information content (AvgIpc) is 3.14. The Bertz CT molecular complexity index is 871. The van der Waals surface area contributed by atoms with Crippen molar-refractivity contribution in [1.82, 2.24) is 4.90 Å². The number of carbonyl (C=O) groups is 1. The van der Waals surface area contributed by atoms with Gasteiger partial charge in [-0.05, 0) is 24.3 Å². The van der Waals surface area contributed by atoms with E-state index >= 15 is 0 Å². The Hall–Kier alpha value is -2.34. The van der Waals surface area contributed by atoms with Gasteiger partial charge in [0.25, 0.3) is 0 Å². The fourth-order valence-corrected chi connectivity index (χ4v) is 3.96. The largest absolute Gasteiger partial charge is 0.458 e. The minimum Gasteiger partial charge on any atom is -0.458 e. The van der Waals surface area contributed by atoms with E-state index in [1.165, 1.54) is 34.9 Å². The van der Waals surface area contributed by atoms with E-state index in [4.69, 9.17) is 4.42 Å². The molecule has 0 spiro atoms. The van der Waals surface area contributed by atoms with Crippen molar-refractivity contribution in [2.24, 2.45) is 0 Å². The van der Waals surface area contributed by atoms with E-state index in [-0.39, 0.29) is 29.1 Å². The maximum absolute atomic E-state index is 13.9. The molecule has 3 aromatic rings. The average molecular weight is 345 g/mol. The van der Waals surface area contributed by atoms with Crippen LogP contribution in [-0.2, 0) is 11.3 Å². The highest BCUT2D eigenvalue weighted by molar-refractivity contribution is 8.00. The van der Waals surface area contributed by atoms with E-state index in [9.17, 15) is 13.6 Å². The summed E-state index contributed by atoms with van der Waals surface area (Å²) in [5.41, 5.74) is 0.624. The number of thioether (sulfide) groups is 1. The van der Waals surface area contributed by atoms with Crippen molar-refractivity contribution in [1.29, 1.82) is 0 Å². The molecule has 1 fully saturated rings. The van der Waals surface area contributed by atoms with Crippen molar-refractivity contribution in [3.05, 3.63) is 71.5 Å². The molecule has 4 rings (SSSR count). The molecule has 1 saturated heterocycles. The Morgan fingerprint density at radius 3 is 2.62 bits per heavy atom. The summed E-state index contributed by atoms with van der Waals surface area (Å²) in [5, 5.41) is 0.549. The number of para-hydroxylation sites is 1. The highest BCUT2D eigenvalue weighted by Crippen LogP contribution is 2.41. The Kier molecular flexibility index (Phi) is 3.76. The van der Waals surface area contributed by atoms with Gasteiger partial charge in [0, 0.05) is 10.9 Å². The molecule has 24 heavy (non-hydrogen) atoms. The normalized spacial score (nSPS) is 17.8. The predicted octanol–water partition coefficient (Wildman–Crippen LogP) is 4.49. The lowest BCUT2D eigenvalue weighted by Crippen LogP contribution is -2.28. The smallest absolute Gasteiger partial charge is 0.234 e. The second-order valence-electron chi connectivity index (χ2n) is 5.57. The van der Waals surface area contributed by atoms with Gasteiger partial charge in [0.1, 0.15) is 28.4 Å². The zero-order valence-corrected chi connectivity index (χ0v) is 13.4. The third-order valence-electron chi connectivity index (χ3n) is 4.05. The summed E-state index contributed by atoms with van der Waals surface area (Å²) in [5.74, 6) is -0.583. The number of amides is 1. The van der Waals surface area contributed by atoms with Crippen molar-refractivity contribution in [3.63, 3.8) is 0 Å². The van der Waals surface area contributed by atoms with Gasteiger partial charge in [-0.1, -0.05) is 24.3 Å². The summed E-state index contributed by atoms with van der Waals surface area (Å²) in [7, 11) is 0. The van der Waals surface area contributed by atoms with E-state index in [1.54, 1.807) is 0 Å². The molecule has 3 nitrogen and oxygen atoms in total. The molecule has 1 aromatic heterocycles. The molecule has 6 heteroatoms. The first-order valence-corrected chi connectivity index (χ1v) is 8.51. The molecule has 0 radical (unpaired) electrons. The van der Waals surface area contributed by atoms with Crippen molar-refractivity contribution < 1.29 is 18.0 Å². The van der Waals surface area contributed by atoms with Gasteiger partial charge < -0.3 is 9.32 Å². The van der Waals surface area contributed by atoms with Crippen molar-refractivity contribution in [2.45, 2.75) is 11.9 Å². The number of fused-ring (bicyclic) bond motifs is 1. The van der Waals surface area contributed by atoms with Gasteiger partial charge in [0.15, 0.2) is 0 Å². The van der Waals surface area contributed by atoms with Gasteiger partial charge in [0.2, 0.25) is 5.91 Å². The molecule has 0 saturated carbocycles. The second-order valence-corrected chi connectivity index (χ2v) is 6.64. The lowest BCUT2D eigenvalue weighted by Gasteiger charge is -2.22. The molecule has 122 valence electrons. The van der Waals surface area contributed by atoms with Crippen molar-refractivity contribution >= 4 is 28.6 Å². The molecule has 0 bridgehead atoms. The summed E-state index contributed by atoms with van der Waals surface area (Å²) in [6, 6.07) is 13.1. The molecule has 0 aliphatic carbocycles. The Morgan fingerprint density at radius 2 is 1.88 bits per heavy atom. The molecule has 1 aliphatic heterocycles. The van der Waals surface area contributed by atoms with Crippen molar-refractivity contribution in [3.8, 4) is 0 Å². The number of carbonyl (C=O) groups excluding carboxylic acids is 1. The first kappa shape index (κ1) is 15.2. The van der Waals surface area contributed by atoms with Crippen molar-refractivity contribution in [2.75, 3.05) is 5.75 Å². The van der Waals surface area contributed by atoms with Crippen LogP contribution in [-0.4, -0.2) is 16.6 Å². The van der Waals surface area contributed by atoms with Crippen LogP contribution in [0.3, 0.4) is 0 Å². The summed E-state index contributed by atoms with van der Waals surface area (Å²) in [6.07, 6.45) is 0. The van der Waals surface area contributed by atoms with Crippen LogP contribution in [0.25, 0.3) is 11.0 Å². The monoisotopic (exact) mass is 345 g/mol. The van der Waals surface area contributed by atoms with Gasteiger partial charge in [-0.2, -0.15) is 0 Å². The first-order valence-electron chi connectivity index (χ1n) is 7.46. The third-order valence-corrected chi connectivity index (χ3v) is 5.26. The zero-order chi connectivity index (χ0) is 16.7. The van der Waals surface area contributed by atoms with Gasteiger partial charge in [0.05, 0.1) is 12.3 Å². The van der Waals surface area contributed by atoms with Crippen LogP contribution in [0.4, 0.5) is 8.78 Å². The Balaban J connectivity index is 1.69. The summed E-state index contributed by atoms with van der Waals surface area (Å²) in [6.45, 7) is -0.119. The minimum atomic E-state index is -0.650. The third kappa shape index (κ3) is 2.57. The van der Waals surface area contributed by atoms with E-state index in [0.29, 0.717) is 5.76 Å². The lowest BCUT2D eigenvalue weighted by molar-refractivity contribution is -0.128. The van der Waals surface area contributed by atoms with Crippen LogP contribution in [0, 0.1) is 11.6 Å². The molecule has 1 atom stereocenters. The SMILES string of the molecule is O=C1CSC(c2cc3ccccc3o2)N1Cc1c(F)cccc1F. The predicted molar refractivity (Wildman–Crippen MR) is 88.3 cm³/mol. The Labute approximate surface area is 141 Å². The Morgan fingerprint density at radius 1 is 1.12 bits per heavy atom. The first-order chi connectivity index (χ1) is 11.6. The fraction of sp³-hybridized carbons (Fsp3) is 0.167. The molecular formula is C18H13F2NO2S. The van der Waals surface area contributed by atoms with Crippen LogP contribution in [0.2, 0.25) is 0 Å². The summed E-state index contributed by atoms with van der Waals surface area (Å²) >= 11 is 1.40. The van der Waals surface area contributed by atoms with Crippen LogP contribution >= 0.6 is 11.8 Å². The number of benzene rings is 2.